The molecule has 0 aromatic rings. The van der Waals surface area contributed by atoms with Gasteiger partial charge >= 0.3 is 6.02 Å². The number of methoxy groups -OCH3 is 1. The van der Waals surface area contributed by atoms with Crippen LogP contribution in [0.1, 0.15) is 0 Å². The monoisotopic (exact) mass is 169 g/mol. The van der Waals surface area contributed by atoms with Gasteiger partial charge in [0.1, 0.15) is 5.84 Å². The molecule has 0 aromatic carbocycles. The topological polar surface area (TPSA) is 113 Å². The first-order valence-electron chi connectivity index (χ1n) is 3.06. The highest BCUT2D eigenvalue weighted by Gasteiger charge is 2.25. The highest BCUT2D eigenvalue weighted by molar-refractivity contribution is 6.16. The van der Waals surface area contributed by atoms with E-state index in [4.69, 9.17) is 11.1 Å². The van der Waals surface area contributed by atoms with Crippen LogP contribution in [0, 0.1) is 10.3 Å². The van der Waals surface area contributed by atoms with Crippen LogP contribution in [0.4, 0.5) is 0 Å². The maximum atomic E-state index is 10.1. The molecule has 0 aromatic heterocycles. The number of hydrogen-bond acceptors (Lipinski definition) is 6. The molecule has 0 fully saturated rings. The van der Waals surface area contributed by atoms with Crippen LogP contribution in [0.3, 0.4) is 0 Å². The van der Waals surface area contributed by atoms with Crippen LogP contribution < -0.4 is 5.73 Å². The lowest BCUT2D eigenvalue weighted by atomic mass is 10.2. The zero-order valence-electron chi connectivity index (χ0n) is 6.31. The molecule has 3 N–H and O–H groups in total. The standard InChI is InChI=1S/C5H7N5O2/c1-12-5-8-3(6)2(10-11)4(7)9-5/h2H,1H3,(H3,6,7,8,9). The molecule has 0 aliphatic carbocycles. The molecule has 1 unspecified atom stereocenters. The van der Waals surface area contributed by atoms with Gasteiger partial charge in [0, 0.05) is 0 Å². The minimum Gasteiger partial charge on any atom is -0.467 e. The van der Waals surface area contributed by atoms with Crippen LogP contribution in [0.25, 0.3) is 0 Å². The lowest BCUT2D eigenvalue weighted by Gasteiger charge is -2.11. The van der Waals surface area contributed by atoms with Crippen LogP contribution in [-0.2, 0) is 4.74 Å². The quantitative estimate of drug-likeness (QED) is 0.514. The Balaban J connectivity index is 2.96. The third-order valence-corrected chi connectivity index (χ3v) is 1.27. The molecule has 1 atom stereocenters. The molecule has 0 spiro atoms. The summed E-state index contributed by atoms with van der Waals surface area (Å²) in [6.07, 6.45) is 0. The molecule has 64 valence electrons. The van der Waals surface area contributed by atoms with Crippen LogP contribution >= 0.6 is 0 Å². The summed E-state index contributed by atoms with van der Waals surface area (Å²) in [6.45, 7) is 0. The van der Waals surface area contributed by atoms with Gasteiger partial charge in [0.25, 0.3) is 0 Å². The predicted molar refractivity (Wildman–Crippen MR) is 43.4 cm³/mol. The number of nitrogens with one attached hydrogen (secondary N) is 1. The average Bonchev–Trinajstić information content (AvgIpc) is 2.03. The van der Waals surface area contributed by atoms with Crippen molar-refractivity contribution in [2.24, 2.45) is 20.9 Å². The fraction of sp³-hybridized carbons (Fsp3) is 0.400. The fourth-order valence-corrected chi connectivity index (χ4v) is 0.696. The second-order valence-electron chi connectivity index (χ2n) is 2.03. The third kappa shape index (κ3) is 1.29. The summed E-state index contributed by atoms with van der Waals surface area (Å²) in [5.41, 5.74) is 5.30. The number of nitroso groups, excluding NO2 is 1. The first kappa shape index (κ1) is 8.31. The van der Waals surface area contributed by atoms with Crippen molar-refractivity contribution in [1.82, 2.24) is 0 Å². The van der Waals surface area contributed by atoms with Gasteiger partial charge in [0.15, 0.2) is 5.84 Å². The van der Waals surface area contributed by atoms with Gasteiger partial charge in [-0.25, -0.2) is 0 Å². The molecule has 7 heteroatoms. The Morgan fingerprint density at radius 3 is 2.75 bits per heavy atom. The van der Waals surface area contributed by atoms with Crippen molar-refractivity contribution in [2.75, 3.05) is 7.11 Å². The molecule has 1 heterocycles. The third-order valence-electron chi connectivity index (χ3n) is 1.27. The van der Waals surface area contributed by atoms with Gasteiger partial charge in [0.2, 0.25) is 6.04 Å². The zero-order chi connectivity index (χ0) is 9.14. The second-order valence-corrected chi connectivity index (χ2v) is 2.03. The number of amidine groups is 3. The molecule has 0 amide bonds. The van der Waals surface area contributed by atoms with Gasteiger partial charge in [-0.3, -0.25) is 5.41 Å². The Morgan fingerprint density at radius 2 is 2.33 bits per heavy atom. The number of aliphatic imine (C=N–C) groups is 2. The molecule has 0 saturated carbocycles. The number of nitrogens with zero attached hydrogens (tertiary/aromatic N) is 3. The summed E-state index contributed by atoms with van der Waals surface area (Å²) in [6, 6.07) is -1.11. The number of rotatable bonds is 1. The highest BCUT2D eigenvalue weighted by atomic mass is 16.5. The van der Waals surface area contributed by atoms with Gasteiger partial charge in [-0.2, -0.15) is 9.98 Å². The van der Waals surface area contributed by atoms with Crippen LogP contribution in [-0.4, -0.2) is 30.8 Å². The van der Waals surface area contributed by atoms with Crippen molar-refractivity contribution in [3.63, 3.8) is 0 Å². The fourth-order valence-electron chi connectivity index (χ4n) is 0.696. The van der Waals surface area contributed by atoms with E-state index in [2.05, 4.69) is 19.9 Å². The number of hydrogen-bond donors (Lipinski definition) is 2. The van der Waals surface area contributed by atoms with Crippen LogP contribution in [0.15, 0.2) is 15.2 Å². The van der Waals surface area contributed by atoms with Crippen molar-refractivity contribution >= 4 is 17.7 Å². The van der Waals surface area contributed by atoms with Gasteiger partial charge in [-0.1, -0.05) is 5.18 Å². The van der Waals surface area contributed by atoms with E-state index in [0.717, 1.165) is 0 Å². The van der Waals surface area contributed by atoms with Crippen molar-refractivity contribution in [3.05, 3.63) is 4.91 Å². The van der Waals surface area contributed by atoms with E-state index in [1.54, 1.807) is 0 Å². The average molecular weight is 169 g/mol. The van der Waals surface area contributed by atoms with E-state index < -0.39 is 6.04 Å². The summed E-state index contributed by atoms with van der Waals surface area (Å²) in [7, 11) is 1.34. The van der Waals surface area contributed by atoms with Gasteiger partial charge < -0.3 is 10.5 Å². The van der Waals surface area contributed by atoms with E-state index in [-0.39, 0.29) is 17.7 Å². The smallest absolute Gasteiger partial charge is 0.319 e. The van der Waals surface area contributed by atoms with Crippen molar-refractivity contribution in [2.45, 2.75) is 6.04 Å². The molecule has 1 aliphatic heterocycles. The van der Waals surface area contributed by atoms with Gasteiger partial charge in [-0.15, -0.1) is 4.91 Å². The molecule has 0 bridgehead atoms. The normalized spacial score (nSPS) is 22.8. The van der Waals surface area contributed by atoms with E-state index in [1.807, 2.05) is 0 Å². The summed E-state index contributed by atoms with van der Waals surface area (Å²) >= 11 is 0. The van der Waals surface area contributed by atoms with E-state index in [1.165, 1.54) is 7.11 Å². The minimum atomic E-state index is -1.08. The molecule has 0 radical (unpaired) electrons. The van der Waals surface area contributed by atoms with E-state index in [9.17, 15) is 4.91 Å². The van der Waals surface area contributed by atoms with Crippen LogP contribution in [0.2, 0.25) is 0 Å². The van der Waals surface area contributed by atoms with E-state index >= 15 is 0 Å². The van der Waals surface area contributed by atoms with Crippen molar-refractivity contribution in [1.29, 1.82) is 5.41 Å². The minimum absolute atomic E-state index is 0.0302. The molecular weight excluding hydrogens is 162 g/mol. The molecule has 12 heavy (non-hydrogen) atoms. The first-order valence-corrected chi connectivity index (χ1v) is 3.06. The largest absolute Gasteiger partial charge is 0.467 e. The maximum Gasteiger partial charge on any atom is 0.319 e. The Hall–Kier alpha value is -1.79. The second kappa shape index (κ2) is 3.07. The first-order chi connectivity index (χ1) is 5.69. The molecule has 0 saturated heterocycles. The van der Waals surface area contributed by atoms with Crippen molar-refractivity contribution in [3.8, 4) is 0 Å². The lowest BCUT2D eigenvalue weighted by molar-refractivity contribution is 0.397. The summed E-state index contributed by atoms with van der Waals surface area (Å²) in [5.74, 6) is -0.323. The van der Waals surface area contributed by atoms with Gasteiger partial charge in [-0.05, 0) is 0 Å². The summed E-state index contributed by atoms with van der Waals surface area (Å²) in [4.78, 5) is 17.2. The van der Waals surface area contributed by atoms with Gasteiger partial charge in [0.05, 0.1) is 7.11 Å². The predicted octanol–water partition coefficient (Wildman–Crippen LogP) is -0.528. The molecule has 1 aliphatic rings. The Labute approximate surface area is 67.8 Å². The van der Waals surface area contributed by atoms with Crippen LogP contribution in [0.5, 0.6) is 0 Å². The maximum absolute atomic E-state index is 10.1. The lowest BCUT2D eigenvalue weighted by Crippen LogP contribution is -2.37. The Kier molecular flexibility index (Phi) is 2.13. The SMILES string of the molecule is COC1=NC(=N)C(N=O)C(N)=N1. The van der Waals surface area contributed by atoms with E-state index in [0.29, 0.717) is 0 Å². The summed E-state index contributed by atoms with van der Waals surface area (Å²) < 4.78 is 4.62. The van der Waals surface area contributed by atoms with Crippen molar-refractivity contribution < 1.29 is 4.74 Å². The Morgan fingerprint density at radius 1 is 1.67 bits per heavy atom. The number of nitrogens with two attached hydrogens (primary N) is 1. The number of ether oxygens (including phenoxy) is 1. The highest BCUT2D eigenvalue weighted by Crippen LogP contribution is 2.03. The summed E-state index contributed by atoms with van der Waals surface area (Å²) in [5, 5.41) is 9.77. The molecule has 7 nitrogen and oxygen atoms in total. The molecule has 1 rings (SSSR count). The zero-order valence-corrected chi connectivity index (χ0v) is 6.31. The molecular formula is C5H7N5O2. The Bertz CT molecular complexity index is 282.